The topological polar surface area (TPSA) is 55.4 Å². The van der Waals surface area contributed by atoms with Crippen LogP contribution in [-0.2, 0) is 14.9 Å². The number of halogens is 1. The van der Waals surface area contributed by atoms with Gasteiger partial charge in [0.1, 0.15) is 0 Å². The summed E-state index contributed by atoms with van der Waals surface area (Å²) in [5.74, 6) is 0. The molecule has 0 spiro atoms. The molecule has 0 bridgehead atoms. The first kappa shape index (κ1) is 14.1. The van der Waals surface area contributed by atoms with E-state index in [1.807, 2.05) is 0 Å². The van der Waals surface area contributed by atoms with Crippen LogP contribution in [-0.4, -0.2) is 14.0 Å². The summed E-state index contributed by atoms with van der Waals surface area (Å²) < 4.78 is 24.5. The van der Waals surface area contributed by atoms with Crippen LogP contribution < -0.4 is 4.89 Å². The zero-order valence-electron chi connectivity index (χ0n) is 9.50. The highest BCUT2D eigenvalue weighted by Gasteiger charge is 2.22. The molecule has 4 nitrogen and oxygen atoms in total. The number of thiophene rings is 1. The standard InChI is InChI=1S/C9H14BrNO3S2/c1-6-7(5-8(10)15-6)16(12,13)11-14-9(2,3)4/h5,11H,1-4H3. The summed E-state index contributed by atoms with van der Waals surface area (Å²) in [6.45, 7) is 7.06. The van der Waals surface area contributed by atoms with Crippen LogP contribution in [0.3, 0.4) is 0 Å². The molecule has 1 aromatic heterocycles. The molecule has 0 aromatic carbocycles. The van der Waals surface area contributed by atoms with Crippen LogP contribution in [0.1, 0.15) is 25.6 Å². The summed E-state index contributed by atoms with van der Waals surface area (Å²) in [6.07, 6.45) is 0. The highest BCUT2D eigenvalue weighted by molar-refractivity contribution is 9.11. The SMILES string of the molecule is Cc1sc(Br)cc1S(=O)(=O)NOC(C)(C)C. The molecule has 0 radical (unpaired) electrons. The van der Waals surface area contributed by atoms with Gasteiger partial charge in [-0.1, -0.05) is 4.89 Å². The van der Waals surface area contributed by atoms with Crippen molar-refractivity contribution in [1.82, 2.24) is 4.89 Å². The van der Waals surface area contributed by atoms with E-state index in [4.69, 9.17) is 4.84 Å². The normalized spacial score (nSPS) is 13.1. The first-order valence-electron chi connectivity index (χ1n) is 4.57. The van der Waals surface area contributed by atoms with E-state index >= 15 is 0 Å². The Hall–Kier alpha value is 0.0500. The second-order valence-corrected chi connectivity index (χ2v) is 8.52. The van der Waals surface area contributed by atoms with Gasteiger partial charge in [0.25, 0.3) is 10.0 Å². The Kier molecular flexibility index (Phi) is 4.18. The molecule has 0 fully saturated rings. The van der Waals surface area contributed by atoms with E-state index in [2.05, 4.69) is 20.8 Å². The lowest BCUT2D eigenvalue weighted by atomic mass is 10.2. The fourth-order valence-corrected chi connectivity index (χ4v) is 4.29. The predicted molar refractivity (Wildman–Crippen MR) is 67.9 cm³/mol. The average molecular weight is 328 g/mol. The van der Waals surface area contributed by atoms with Crippen LogP contribution in [0.5, 0.6) is 0 Å². The van der Waals surface area contributed by atoms with Gasteiger partial charge in [-0.05, 0) is 49.7 Å². The van der Waals surface area contributed by atoms with Gasteiger partial charge in [0.15, 0.2) is 0 Å². The Balaban J connectivity index is 2.91. The first-order chi connectivity index (χ1) is 7.12. The first-order valence-corrected chi connectivity index (χ1v) is 7.67. The molecule has 1 N–H and O–H groups in total. The number of rotatable bonds is 3. The van der Waals surface area contributed by atoms with E-state index < -0.39 is 15.6 Å². The van der Waals surface area contributed by atoms with Gasteiger partial charge in [-0.3, -0.25) is 4.84 Å². The summed E-state index contributed by atoms with van der Waals surface area (Å²) >= 11 is 4.62. The van der Waals surface area contributed by atoms with E-state index in [9.17, 15) is 8.42 Å². The van der Waals surface area contributed by atoms with Gasteiger partial charge in [-0.2, -0.15) is 0 Å². The molecule has 0 unspecified atom stereocenters. The van der Waals surface area contributed by atoms with Crippen molar-refractivity contribution < 1.29 is 13.3 Å². The van der Waals surface area contributed by atoms with Crippen molar-refractivity contribution in [2.75, 3.05) is 0 Å². The Labute approximate surface area is 108 Å². The molecule has 0 amide bonds. The van der Waals surface area contributed by atoms with Crippen LogP contribution in [0.15, 0.2) is 14.7 Å². The third-order valence-electron chi connectivity index (χ3n) is 1.59. The fraction of sp³-hybridized carbons (Fsp3) is 0.556. The molecule has 1 heterocycles. The van der Waals surface area contributed by atoms with Gasteiger partial charge in [0, 0.05) is 4.88 Å². The molecule has 92 valence electrons. The number of hydrogen-bond acceptors (Lipinski definition) is 4. The van der Waals surface area contributed by atoms with E-state index in [1.165, 1.54) is 11.3 Å². The van der Waals surface area contributed by atoms with Crippen molar-refractivity contribution in [2.45, 2.75) is 38.2 Å². The van der Waals surface area contributed by atoms with Gasteiger partial charge < -0.3 is 0 Å². The lowest BCUT2D eigenvalue weighted by Crippen LogP contribution is -2.33. The lowest BCUT2D eigenvalue weighted by molar-refractivity contribution is -0.0357. The number of aryl methyl sites for hydroxylation is 1. The highest BCUT2D eigenvalue weighted by Crippen LogP contribution is 2.29. The molecule has 1 rings (SSSR count). The maximum Gasteiger partial charge on any atom is 0.263 e. The van der Waals surface area contributed by atoms with Crippen molar-refractivity contribution >= 4 is 37.3 Å². The third kappa shape index (κ3) is 3.81. The molecule has 0 saturated carbocycles. The summed E-state index contributed by atoms with van der Waals surface area (Å²) in [7, 11) is -3.60. The van der Waals surface area contributed by atoms with Crippen LogP contribution >= 0.6 is 27.3 Å². The zero-order chi connectivity index (χ0) is 12.6. The maximum absolute atomic E-state index is 11.9. The van der Waals surface area contributed by atoms with Crippen molar-refractivity contribution in [3.8, 4) is 0 Å². The average Bonchev–Trinajstić information content (AvgIpc) is 2.42. The van der Waals surface area contributed by atoms with E-state index in [-0.39, 0.29) is 4.90 Å². The molecule has 7 heteroatoms. The van der Waals surface area contributed by atoms with Crippen LogP contribution in [0, 0.1) is 6.92 Å². The van der Waals surface area contributed by atoms with Crippen molar-refractivity contribution in [3.63, 3.8) is 0 Å². The quantitative estimate of drug-likeness (QED) is 0.868. The van der Waals surface area contributed by atoms with Gasteiger partial charge in [0.05, 0.1) is 14.3 Å². The van der Waals surface area contributed by atoms with Crippen molar-refractivity contribution in [3.05, 3.63) is 14.7 Å². The lowest BCUT2D eigenvalue weighted by Gasteiger charge is -2.18. The molecule has 0 atom stereocenters. The van der Waals surface area contributed by atoms with Gasteiger partial charge in [0.2, 0.25) is 0 Å². The van der Waals surface area contributed by atoms with E-state index in [1.54, 1.807) is 33.8 Å². The minimum absolute atomic E-state index is 0.244. The fourth-order valence-electron chi connectivity index (χ4n) is 0.922. The third-order valence-corrected chi connectivity index (χ3v) is 4.58. The van der Waals surface area contributed by atoms with Crippen molar-refractivity contribution in [2.24, 2.45) is 0 Å². The molecule has 0 aliphatic carbocycles. The number of nitrogens with one attached hydrogen (secondary N) is 1. The monoisotopic (exact) mass is 327 g/mol. The Morgan fingerprint density at radius 1 is 1.44 bits per heavy atom. The largest absolute Gasteiger partial charge is 0.281 e. The smallest absolute Gasteiger partial charge is 0.263 e. The Bertz CT molecular complexity index is 473. The minimum atomic E-state index is -3.60. The molecular formula is C9H14BrNO3S2. The zero-order valence-corrected chi connectivity index (χ0v) is 12.7. The molecular weight excluding hydrogens is 314 g/mol. The van der Waals surface area contributed by atoms with E-state index in [0.29, 0.717) is 0 Å². The summed E-state index contributed by atoms with van der Waals surface area (Å²) in [4.78, 5) is 8.16. The molecule has 0 saturated heterocycles. The highest BCUT2D eigenvalue weighted by atomic mass is 79.9. The van der Waals surface area contributed by atoms with Crippen LogP contribution in [0.25, 0.3) is 0 Å². The summed E-state index contributed by atoms with van der Waals surface area (Å²) in [5, 5.41) is 0. The minimum Gasteiger partial charge on any atom is -0.281 e. The van der Waals surface area contributed by atoms with Gasteiger partial charge in [-0.25, -0.2) is 8.42 Å². The second-order valence-electron chi connectivity index (χ2n) is 4.27. The van der Waals surface area contributed by atoms with Gasteiger partial charge >= 0.3 is 0 Å². The maximum atomic E-state index is 11.9. The van der Waals surface area contributed by atoms with Crippen molar-refractivity contribution in [1.29, 1.82) is 0 Å². The summed E-state index contributed by atoms with van der Waals surface area (Å²) in [6, 6.07) is 1.56. The van der Waals surface area contributed by atoms with Crippen LogP contribution in [0.2, 0.25) is 0 Å². The number of hydrogen-bond donors (Lipinski definition) is 1. The molecule has 16 heavy (non-hydrogen) atoms. The second kappa shape index (κ2) is 4.73. The molecule has 0 aliphatic rings. The predicted octanol–water partition coefficient (Wildman–Crippen LogP) is 2.83. The molecule has 1 aromatic rings. The van der Waals surface area contributed by atoms with Crippen LogP contribution in [0.4, 0.5) is 0 Å². The Morgan fingerprint density at radius 3 is 2.38 bits per heavy atom. The Morgan fingerprint density at radius 2 is 2.00 bits per heavy atom. The van der Waals surface area contributed by atoms with Gasteiger partial charge in [-0.15, -0.1) is 11.3 Å². The van der Waals surface area contributed by atoms with E-state index in [0.717, 1.165) is 8.66 Å². The summed E-state index contributed by atoms with van der Waals surface area (Å²) in [5.41, 5.74) is -0.561. The number of sulfonamides is 1. The molecule has 0 aliphatic heterocycles.